The van der Waals surface area contributed by atoms with E-state index in [-0.39, 0.29) is 16.6 Å². The van der Waals surface area contributed by atoms with E-state index in [1.165, 1.54) is 12.1 Å². The summed E-state index contributed by atoms with van der Waals surface area (Å²) in [7, 11) is 0. The lowest BCUT2D eigenvalue weighted by atomic mass is 10.1. The molecule has 0 aliphatic carbocycles. The highest BCUT2D eigenvalue weighted by molar-refractivity contribution is 6.35. The Kier molecular flexibility index (Phi) is 6.49. The van der Waals surface area contributed by atoms with Crippen molar-refractivity contribution in [3.8, 4) is 0 Å². The first kappa shape index (κ1) is 18.6. The molecule has 0 radical (unpaired) electrons. The zero-order valence-corrected chi connectivity index (χ0v) is 15.0. The number of rotatable bonds is 5. The largest absolute Gasteiger partial charge is 0.452 e. The van der Waals surface area contributed by atoms with E-state index in [4.69, 9.17) is 39.5 Å². The molecular weight excluding hydrogens is 373 g/mol. The molecule has 0 aliphatic rings. The number of hydrogen-bond donors (Lipinski definition) is 1. The Labute approximate surface area is 154 Å². The molecule has 0 unspecified atom stereocenters. The Bertz CT molecular complexity index is 764. The summed E-state index contributed by atoms with van der Waals surface area (Å²) in [5, 5.41) is 3.86. The number of halogens is 3. The van der Waals surface area contributed by atoms with Gasteiger partial charge >= 0.3 is 5.97 Å². The van der Waals surface area contributed by atoms with Crippen molar-refractivity contribution >= 4 is 46.7 Å². The summed E-state index contributed by atoms with van der Waals surface area (Å²) in [6, 6.07) is 11.3. The number of carbonyl (C=O) groups excluding carboxylic acids is 2. The number of hydrogen-bond acceptors (Lipinski definition) is 3. The SMILES string of the molecule is C[C@H](NC(=O)COC(=O)c1cc(Cl)ccc1Cl)c1cccc(Cl)c1. The maximum Gasteiger partial charge on any atom is 0.340 e. The minimum atomic E-state index is -0.715. The molecule has 1 N–H and O–H groups in total. The van der Waals surface area contributed by atoms with Crippen LogP contribution in [0, 0.1) is 0 Å². The summed E-state index contributed by atoms with van der Waals surface area (Å²) < 4.78 is 4.97. The van der Waals surface area contributed by atoms with E-state index in [0.717, 1.165) is 5.56 Å². The standard InChI is InChI=1S/C17H14Cl3NO3/c1-10(11-3-2-4-12(18)7-11)21-16(22)9-24-17(23)14-8-13(19)5-6-15(14)20/h2-8,10H,9H2,1H3,(H,21,22)/t10-/m0/s1. The van der Waals surface area contributed by atoms with Crippen LogP contribution in [0.5, 0.6) is 0 Å². The topological polar surface area (TPSA) is 55.4 Å². The molecule has 1 amide bonds. The molecule has 2 aromatic rings. The number of benzene rings is 2. The molecule has 0 aromatic heterocycles. The summed E-state index contributed by atoms with van der Waals surface area (Å²) >= 11 is 17.6. The van der Waals surface area contributed by atoms with Gasteiger partial charge < -0.3 is 10.1 Å². The van der Waals surface area contributed by atoms with Gasteiger partial charge in [0.2, 0.25) is 0 Å². The second-order valence-corrected chi connectivity index (χ2v) is 6.32. The molecule has 126 valence electrons. The molecule has 0 bridgehead atoms. The fourth-order valence-corrected chi connectivity index (χ4v) is 2.57. The van der Waals surface area contributed by atoms with Gasteiger partial charge in [0.15, 0.2) is 6.61 Å². The summed E-state index contributed by atoms with van der Waals surface area (Å²) in [6.07, 6.45) is 0. The molecule has 0 aliphatic heterocycles. The first-order valence-electron chi connectivity index (χ1n) is 7.04. The van der Waals surface area contributed by atoms with Crippen LogP contribution >= 0.6 is 34.8 Å². The van der Waals surface area contributed by atoms with Gasteiger partial charge in [-0.3, -0.25) is 4.79 Å². The van der Waals surface area contributed by atoms with Crippen LogP contribution in [0.15, 0.2) is 42.5 Å². The fraction of sp³-hybridized carbons (Fsp3) is 0.176. The Morgan fingerprint density at radius 1 is 1.08 bits per heavy atom. The Balaban J connectivity index is 1.91. The number of ether oxygens (including phenoxy) is 1. The zero-order chi connectivity index (χ0) is 17.7. The van der Waals surface area contributed by atoms with Gasteiger partial charge in [0.1, 0.15) is 0 Å². The normalized spacial score (nSPS) is 11.7. The first-order valence-corrected chi connectivity index (χ1v) is 8.17. The Morgan fingerprint density at radius 3 is 2.50 bits per heavy atom. The summed E-state index contributed by atoms with van der Waals surface area (Å²) in [5.41, 5.74) is 0.958. The quantitative estimate of drug-likeness (QED) is 0.759. The predicted octanol–water partition coefficient (Wildman–Crippen LogP) is 4.68. The van der Waals surface area contributed by atoms with E-state index in [1.807, 2.05) is 6.07 Å². The Morgan fingerprint density at radius 2 is 1.79 bits per heavy atom. The lowest BCUT2D eigenvalue weighted by Crippen LogP contribution is -2.31. The first-order chi connectivity index (χ1) is 11.4. The van der Waals surface area contributed by atoms with Gasteiger partial charge in [-0.2, -0.15) is 0 Å². The third kappa shape index (κ3) is 5.13. The highest BCUT2D eigenvalue weighted by Crippen LogP contribution is 2.21. The molecule has 2 rings (SSSR count). The number of nitrogens with one attached hydrogen (secondary N) is 1. The monoisotopic (exact) mass is 385 g/mol. The second-order valence-electron chi connectivity index (χ2n) is 5.04. The third-order valence-corrected chi connectivity index (χ3v) is 4.01. The van der Waals surface area contributed by atoms with Crippen molar-refractivity contribution in [1.29, 1.82) is 0 Å². The highest BCUT2D eigenvalue weighted by atomic mass is 35.5. The molecule has 0 saturated heterocycles. The molecule has 1 atom stereocenters. The Hall–Kier alpha value is -1.75. The van der Waals surface area contributed by atoms with Gasteiger partial charge in [0.25, 0.3) is 5.91 Å². The van der Waals surface area contributed by atoms with E-state index in [9.17, 15) is 9.59 Å². The minimum Gasteiger partial charge on any atom is -0.452 e. The zero-order valence-electron chi connectivity index (χ0n) is 12.7. The van der Waals surface area contributed by atoms with Crippen molar-refractivity contribution in [3.05, 3.63) is 68.7 Å². The lowest BCUT2D eigenvalue weighted by molar-refractivity contribution is -0.124. The van der Waals surface area contributed by atoms with Crippen molar-refractivity contribution in [2.75, 3.05) is 6.61 Å². The average molecular weight is 387 g/mol. The number of esters is 1. The van der Waals surface area contributed by atoms with Gasteiger partial charge in [0, 0.05) is 10.0 Å². The van der Waals surface area contributed by atoms with Crippen molar-refractivity contribution in [2.45, 2.75) is 13.0 Å². The molecule has 7 heteroatoms. The van der Waals surface area contributed by atoms with Crippen molar-refractivity contribution in [1.82, 2.24) is 5.32 Å². The van der Waals surface area contributed by atoms with Crippen LogP contribution in [0.4, 0.5) is 0 Å². The fourth-order valence-electron chi connectivity index (χ4n) is 2.01. The van der Waals surface area contributed by atoms with E-state index in [1.54, 1.807) is 31.2 Å². The molecule has 0 heterocycles. The van der Waals surface area contributed by atoms with E-state index in [0.29, 0.717) is 10.0 Å². The molecular formula is C17H14Cl3NO3. The van der Waals surface area contributed by atoms with Gasteiger partial charge in [0.05, 0.1) is 16.6 Å². The van der Waals surface area contributed by atoms with E-state index in [2.05, 4.69) is 5.32 Å². The molecule has 0 saturated carbocycles. The number of carbonyl (C=O) groups is 2. The second kappa shape index (κ2) is 8.38. The lowest BCUT2D eigenvalue weighted by Gasteiger charge is -2.14. The average Bonchev–Trinajstić information content (AvgIpc) is 2.54. The maximum atomic E-state index is 12.0. The third-order valence-electron chi connectivity index (χ3n) is 3.21. The van der Waals surface area contributed by atoms with Gasteiger partial charge in [-0.25, -0.2) is 4.79 Å². The van der Waals surface area contributed by atoms with Crippen LogP contribution in [-0.2, 0) is 9.53 Å². The molecule has 0 spiro atoms. The van der Waals surface area contributed by atoms with Crippen LogP contribution in [0.2, 0.25) is 15.1 Å². The maximum absolute atomic E-state index is 12.0. The summed E-state index contributed by atoms with van der Waals surface area (Å²) in [5.74, 6) is -1.15. The van der Waals surface area contributed by atoms with Crippen molar-refractivity contribution in [2.24, 2.45) is 0 Å². The van der Waals surface area contributed by atoms with Crippen LogP contribution in [0.1, 0.15) is 28.9 Å². The van der Waals surface area contributed by atoms with Gasteiger partial charge in [-0.05, 0) is 42.8 Å². The van der Waals surface area contributed by atoms with E-state index < -0.39 is 18.5 Å². The van der Waals surface area contributed by atoms with Crippen LogP contribution in [-0.4, -0.2) is 18.5 Å². The summed E-state index contributed by atoms with van der Waals surface area (Å²) in [4.78, 5) is 23.9. The van der Waals surface area contributed by atoms with E-state index >= 15 is 0 Å². The summed E-state index contributed by atoms with van der Waals surface area (Å²) in [6.45, 7) is 1.38. The highest BCUT2D eigenvalue weighted by Gasteiger charge is 2.16. The van der Waals surface area contributed by atoms with Gasteiger partial charge in [-0.1, -0.05) is 46.9 Å². The minimum absolute atomic E-state index is 0.111. The van der Waals surface area contributed by atoms with Crippen LogP contribution in [0.25, 0.3) is 0 Å². The van der Waals surface area contributed by atoms with Crippen molar-refractivity contribution < 1.29 is 14.3 Å². The molecule has 4 nitrogen and oxygen atoms in total. The molecule has 24 heavy (non-hydrogen) atoms. The smallest absolute Gasteiger partial charge is 0.340 e. The number of amides is 1. The van der Waals surface area contributed by atoms with Crippen LogP contribution < -0.4 is 5.32 Å². The van der Waals surface area contributed by atoms with Crippen LogP contribution in [0.3, 0.4) is 0 Å². The van der Waals surface area contributed by atoms with Gasteiger partial charge in [-0.15, -0.1) is 0 Å². The predicted molar refractivity (Wildman–Crippen MR) is 94.8 cm³/mol. The molecule has 2 aromatic carbocycles. The molecule has 0 fully saturated rings. The van der Waals surface area contributed by atoms with Crippen molar-refractivity contribution in [3.63, 3.8) is 0 Å².